The molecule has 7 heteroatoms. The van der Waals surface area contributed by atoms with E-state index in [0.717, 1.165) is 17.8 Å². The van der Waals surface area contributed by atoms with Crippen LogP contribution in [-0.4, -0.2) is 49.2 Å². The van der Waals surface area contributed by atoms with Crippen LogP contribution in [0.4, 0.5) is 0 Å². The summed E-state index contributed by atoms with van der Waals surface area (Å²) in [7, 11) is 0. The number of hydrogen-bond donors (Lipinski definition) is 3. The lowest BCUT2D eigenvalue weighted by molar-refractivity contribution is -0.142. The van der Waals surface area contributed by atoms with E-state index in [0.29, 0.717) is 6.42 Å². The summed E-state index contributed by atoms with van der Waals surface area (Å²) in [6.45, 7) is -0.0436. The van der Waals surface area contributed by atoms with Crippen molar-refractivity contribution in [2.45, 2.75) is 44.9 Å². The highest BCUT2D eigenvalue weighted by molar-refractivity contribution is 5.84. The number of ether oxygens (including phenoxy) is 1. The Labute approximate surface area is 147 Å². The molecule has 4 rings (SSSR count). The molecule has 0 aromatic rings. The third kappa shape index (κ3) is 4.93. The standard InChI is InChI=1S/C18H28N2O5/c21-15(20-10-16(22)19-1-2-25-11-17(23)24)9-18-6-12-3-13(7-18)5-14(4-12)8-18/h12-14H,1-11H2,(H,19,22)(H,20,21)(H,23,24). The van der Waals surface area contributed by atoms with Gasteiger partial charge in [-0.25, -0.2) is 4.79 Å². The van der Waals surface area contributed by atoms with Crippen molar-refractivity contribution >= 4 is 17.8 Å². The normalized spacial score (nSPS) is 32.4. The van der Waals surface area contributed by atoms with E-state index in [9.17, 15) is 14.4 Å². The highest BCUT2D eigenvalue weighted by Crippen LogP contribution is 2.61. The molecule has 0 aromatic heterocycles. The number of carboxylic acids is 1. The molecule has 2 amide bonds. The molecule has 25 heavy (non-hydrogen) atoms. The molecule has 0 spiro atoms. The summed E-state index contributed by atoms with van der Waals surface area (Å²) in [5.74, 6) is 1.09. The van der Waals surface area contributed by atoms with Gasteiger partial charge in [-0.1, -0.05) is 0 Å². The Balaban J connectivity index is 1.33. The highest BCUT2D eigenvalue weighted by Gasteiger charge is 2.51. The van der Waals surface area contributed by atoms with Gasteiger partial charge in [0.15, 0.2) is 0 Å². The minimum atomic E-state index is -1.04. The molecule has 7 nitrogen and oxygen atoms in total. The van der Waals surface area contributed by atoms with Crippen LogP contribution in [0.5, 0.6) is 0 Å². The minimum Gasteiger partial charge on any atom is -0.480 e. The van der Waals surface area contributed by atoms with Crippen molar-refractivity contribution in [1.82, 2.24) is 10.6 Å². The first kappa shape index (κ1) is 18.2. The predicted octanol–water partition coefficient (Wildman–Crippen LogP) is 0.926. The second kappa shape index (κ2) is 7.72. The quantitative estimate of drug-likeness (QED) is 0.535. The van der Waals surface area contributed by atoms with E-state index in [-0.39, 0.29) is 43.5 Å². The number of nitrogens with one attached hydrogen (secondary N) is 2. The van der Waals surface area contributed by atoms with Gasteiger partial charge in [0.1, 0.15) is 6.61 Å². The van der Waals surface area contributed by atoms with Gasteiger partial charge >= 0.3 is 5.97 Å². The van der Waals surface area contributed by atoms with Crippen molar-refractivity contribution in [2.24, 2.45) is 23.2 Å². The van der Waals surface area contributed by atoms with Crippen LogP contribution in [-0.2, 0) is 19.1 Å². The number of carboxylic acid groups (broad SMARTS) is 1. The van der Waals surface area contributed by atoms with Crippen molar-refractivity contribution in [1.29, 1.82) is 0 Å². The Hall–Kier alpha value is -1.63. The lowest BCUT2D eigenvalue weighted by atomic mass is 9.49. The lowest BCUT2D eigenvalue weighted by Crippen LogP contribution is -2.48. The van der Waals surface area contributed by atoms with Gasteiger partial charge in [0, 0.05) is 13.0 Å². The summed E-state index contributed by atoms with van der Waals surface area (Å²) in [4.78, 5) is 34.3. The van der Waals surface area contributed by atoms with Gasteiger partial charge in [0.05, 0.1) is 13.2 Å². The number of aliphatic carboxylic acids is 1. The number of hydrogen-bond acceptors (Lipinski definition) is 4. The molecule has 4 aliphatic rings. The molecule has 0 atom stereocenters. The summed E-state index contributed by atoms with van der Waals surface area (Å²) in [5, 5.41) is 13.8. The number of rotatable bonds is 9. The van der Waals surface area contributed by atoms with Gasteiger partial charge in [-0.15, -0.1) is 0 Å². The smallest absolute Gasteiger partial charge is 0.329 e. The number of carbonyl (C=O) groups is 3. The molecule has 0 aliphatic heterocycles. The third-order valence-electron chi connectivity index (χ3n) is 5.94. The van der Waals surface area contributed by atoms with Crippen molar-refractivity contribution < 1.29 is 24.2 Å². The summed E-state index contributed by atoms with van der Waals surface area (Å²) < 4.78 is 4.83. The molecule has 0 aromatic carbocycles. The minimum absolute atomic E-state index is 0.0285. The largest absolute Gasteiger partial charge is 0.480 e. The van der Waals surface area contributed by atoms with Crippen LogP contribution in [0.3, 0.4) is 0 Å². The Kier molecular flexibility index (Phi) is 5.61. The fraction of sp³-hybridized carbons (Fsp3) is 0.833. The fourth-order valence-electron chi connectivity index (χ4n) is 5.57. The zero-order chi connectivity index (χ0) is 17.9. The third-order valence-corrected chi connectivity index (χ3v) is 5.94. The first-order valence-corrected chi connectivity index (χ1v) is 9.27. The maximum absolute atomic E-state index is 12.3. The van der Waals surface area contributed by atoms with Crippen molar-refractivity contribution in [3.8, 4) is 0 Å². The maximum Gasteiger partial charge on any atom is 0.329 e. The van der Waals surface area contributed by atoms with E-state index in [1.54, 1.807) is 0 Å². The highest BCUT2D eigenvalue weighted by atomic mass is 16.5. The summed E-state index contributed by atoms with van der Waals surface area (Å²) in [5.41, 5.74) is 0.181. The van der Waals surface area contributed by atoms with Crippen LogP contribution in [0.1, 0.15) is 44.9 Å². The monoisotopic (exact) mass is 352 g/mol. The average molecular weight is 352 g/mol. The molecule has 0 heterocycles. The Bertz CT molecular complexity index is 498. The van der Waals surface area contributed by atoms with E-state index in [1.165, 1.54) is 38.5 Å². The van der Waals surface area contributed by atoms with E-state index in [1.807, 2.05) is 0 Å². The average Bonchev–Trinajstić information content (AvgIpc) is 2.50. The Morgan fingerprint density at radius 1 is 0.960 bits per heavy atom. The summed E-state index contributed by atoms with van der Waals surface area (Å²) in [6, 6.07) is 0. The molecule has 4 saturated carbocycles. The molecular formula is C18H28N2O5. The second-order valence-electron chi connectivity index (χ2n) is 8.17. The zero-order valence-electron chi connectivity index (χ0n) is 14.6. The Morgan fingerprint density at radius 3 is 2.12 bits per heavy atom. The van der Waals surface area contributed by atoms with E-state index in [4.69, 9.17) is 9.84 Å². The number of carbonyl (C=O) groups excluding carboxylic acids is 2. The molecule has 0 radical (unpaired) electrons. The van der Waals surface area contributed by atoms with Gasteiger partial charge in [-0.3, -0.25) is 9.59 Å². The maximum atomic E-state index is 12.3. The predicted molar refractivity (Wildman–Crippen MR) is 89.7 cm³/mol. The van der Waals surface area contributed by atoms with Crippen molar-refractivity contribution in [2.75, 3.05) is 26.3 Å². The SMILES string of the molecule is O=C(O)COCCNC(=O)CNC(=O)CC12CC3CC(CC(C3)C1)C2. The van der Waals surface area contributed by atoms with Crippen LogP contribution < -0.4 is 10.6 Å². The second-order valence-corrected chi connectivity index (χ2v) is 8.17. The topological polar surface area (TPSA) is 105 Å². The summed E-state index contributed by atoms with van der Waals surface area (Å²) >= 11 is 0. The molecule has 4 aliphatic carbocycles. The first-order valence-electron chi connectivity index (χ1n) is 9.27. The molecule has 140 valence electrons. The van der Waals surface area contributed by atoms with Crippen LogP contribution in [0.2, 0.25) is 0 Å². The van der Waals surface area contributed by atoms with Gasteiger partial charge in [-0.05, 0) is 61.7 Å². The van der Waals surface area contributed by atoms with E-state index in [2.05, 4.69) is 10.6 Å². The van der Waals surface area contributed by atoms with Crippen LogP contribution in [0.15, 0.2) is 0 Å². The molecule has 3 N–H and O–H groups in total. The van der Waals surface area contributed by atoms with Crippen LogP contribution in [0, 0.1) is 23.2 Å². The van der Waals surface area contributed by atoms with E-state index >= 15 is 0 Å². The fourth-order valence-corrected chi connectivity index (χ4v) is 5.57. The van der Waals surface area contributed by atoms with Gasteiger partial charge in [-0.2, -0.15) is 0 Å². The van der Waals surface area contributed by atoms with Gasteiger partial charge < -0.3 is 20.5 Å². The van der Waals surface area contributed by atoms with Gasteiger partial charge in [0.25, 0.3) is 0 Å². The molecular weight excluding hydrogens is 324 g/mol. The number of amides is 2. The molecule has 4 bridgehead atoms. The van der Waals surface area contributed by atoms with Crippen molar-refractivity contribution in [3.63, 3.8) is 0 Å². The van der Waals surface area contributed by atoms with Gasteiger partial charge in [0.2, 0.25) is 11.8 Å². The van der Waals surface area contributed by atoms with Crippen molar-refractivity contribution in [3.05, 3.63) is 0 Å². The zero-order valence-corrected chi connectivity index (χ0v) is 14.6. The first-order chi connectivity index (χ1) is 11.9. The lowest BCUT2D eigenvalue weighted by Gasteiger charge is -2.56. The van der Waals surface area contributed by atoms with E-state index < -0.39 is 5.97 Å². The molecule has 4 fully saturated rings. The summed E-state index contributed by atoms with van der Waals surface area (Å²) in [6.07, 6.45) is 8.15. The molecule has 0 unspecified atom stereocenters. The molecule has 0 saturated heterocycles. The van der Waals surface area contributed by atoms with Crippen LogP contribution in [0.25, 0.3) is 0 Å². The van der Waals surface area contributed by atoms with Crippen LogP contribution >= 0.6 is 0 Å². The Morgan fingerprint density at radius 2 is 1.56 bits per heavy atom.